The maximum Gasteiger partial charge on any atom is 0.241 e. The van der Waals surface area contributed by atoms with Crippen molar-refractivity contribution >= 4 is 17.4 Å². The summed E-state index contributed by atoms with van der Waals surface area (Å²) in [5.74, 6) is 1.71. The molecule has 21 heavy (non-hydrogen) atoms. The fourth-order valence-corrected chi connectivity index (χ4v) is 2.16. The third kappa shape index (κ3) is 4.00. The Kier molecular flexibility index (Phi) is 4.88. The molecule has 6 heteroatoms. The van der Waals surface area contributed by atoms with Crippen LogP contribution in [-0.4, -0.2) is 49.1 Å². The fraction of sp³-hybridized carbons (Fsp3) is 0.600. The second-order valence-electron chi connectivity index (χ2n) is 5.86. The molecule has 2 N–H and O–H groups in total. The molecule has 116 valence electrons. The number of likely N-dealkylation sites (N-methyl/N-ethyl adjacent to an activating group) is 1. The normalized spacial score (nSPS) is 16.3. The van der Waals surface area contributed by atoms with Gasteiger partial charge in [0.15, 0.2) is 0 Å². The van der Waals surface area contributed by atoms with E-state index in [0.717, 1.165) is 25.3 Å². The molecule has 0 unspecified atom stereocenters. The van der Waals surface area contributed by atoms with Gasteiger partial charge in [-0.25, -0.2) is 0 Å². The summed E-state index contributed by atoms with van der Waals surface area (Å²) in [7, 11) is 1.83. The minimum atomic E-state index is 0.107. The Labute approximate surface area is 125 Å². The quantitative estimate of drug-likeness (QED) is 0.907. The third-order valence-electron chi connectivity index (χ3n) is 3.43. The Morgan fingerprint density at radius 2 is 2.14 bits per heavy atom. The number of hydrogen-bond donors (Lipinski definition) is 1. The number of rotatable bonds is 4. The second-order valence-corrected chi connectivity index (χ2v) is 5.86. The Morgan fingerprint density at radius 1 is 1.38 bits per heavy atom. The number of aromatic nitrogens is 1. The Hall–Kier alpha value is -1.98. The summed E-state index contributed by atoms with van der Waals surface area (Å²) >= 11 is 0. The zero-order valence-electron chi connectivity index (χ0n) is 13.0. The van der Waals surface area contributed by atoms with Crippen LogP contribution in [0.1, 0.15) is 20.3 Å². The number of carbonyl (C=O) groups excluding carboxylic acids is 1. The first kappa shape index (κ1) is 15.4. The maximum absolute atomic E-state index is 12.0. The number of nitrogen functional groups attached to an aromatic ring is 1. The van der Waals surface area contributed by atoms with Crippen LogP contribution < -0.4 is 15.4 Å². The number of hydrogen-bond acceptors (Lipinski definition) is 5. The number of ether oxygens (including phenoxy) is 1. The Bertz CT molecular complexity index is 504. The predicted molar refractivity (Wildman–Crippen MR) is 83.4 cm³/mol. The number of nitrogens with two attached hydrogens (primary N) is 1. The predicted octanol–water partition coefficient (Wildman–Crippen LogP) is 1.37. The number of amides is 1. The van der Waals surface area contributed by atoms with Crippen molar-refractivity contribution in [1.82, 2.24) is 9.88 Å². The van der Waals surface area contributed by atoms with Crippen molar-refractivity contribution in [2.75, 3.05) is 43.9 Å². The van der Waals surface area contributed by atoms with Gasteiger partial charge in [-0.1, -0.05) is 13.8 Å². The average molecular weight is 292 g/mol. The lowest BCUT2D eigenvalue weighted by atomic mass is 10.2. The first-order chi connectivity index (χ1) is 9.97. The zero-order chi connectivity index (χ0) is 15.4. The van der Waals surface area contributed by atoms with Crippen LogP contribution in [0, 0.1) is 5.92 Å². The topological polar surface area (TPSA) is 71.7 Å². The molecule has 1 saturated heterocycles. The van der Waals surface area contributed by atoms with Crippen molar-refractivity contribution in [3.8, 4) is 5.88 Å². The summed E-state index contributed by atoms with van der Waals surface area (Å²) in [4.78, 5) is 20.2. The molecule has 1 aromatic rings. The Balaban J connectivity index is 2.15. The van der Waals surface area contributed by atoms with Gasteiger partial charge in [0.2, 0.25) is 11.8 Å². The lowest BCUT2D eigenvalue weighted by Gasteiger charge is -2.22. The summed E-state index contributed by atoms with van der Waals surface area (Å²) < 4.78 is 5.65. The molecule has 0 saturated carbocycles. The summed E-state index contributed by atoms with van der Waals surface area (Å²) in [6.45, 7) is 6.64. The number of nitrogens with zero attached hydrogens (tertiary/aromatic N) is 3. The van der Waals surface area contributed by atoms with E-state index < -0.39 is 0 Å². The van der Waals surface area contributed by atoms with Gasteiger partial charge < -0.3 is 20.3 Å². The van der Waals surface area contributed by atoms with Gasteiger partial charge in [-0.3, -0.25) is 4.79 Å². The lowest BCUT2D eigenvalue weighted by molar-refractivity contribution is -0.127. The van der Waals surface area contributed by atoms with Gasteiger partial charge in [-0.05, 0) is 24.5 Å². The van der Waals surface area contributed by atoms with E-state index in [2.05, 4.69) is 18.8 Å². The standard InChI is InChI=1S/C15H24N4O2/c1-11(2)10-21-15-12(16)5-6-13(17-15)19-8-4-7-18(3)14(20)9-19/h5-6,11H,4,7-10,16H2,1-3H3. The zero-order valence-corrected chi connectivity index (χ0v) is 13.0. The van der Waals surface area contributed by atoms with Crippen LogP contribution in [0.2, 0.25) is 0 Å². The smallest absolute Gasteiger partial charge is 0.241 e. The van der Waals surface area contributed by atoms with Gasteiger partial charge in [0.1, 0.15) is 5.82 Å². The van der Waals surface area contributed by atoms with Gasteiger partial charge in [-0.2, -0.15) is 4.98 Å². The third-order valence-corrected chi connectivity index (χ3v) is 3.43. The van der Waals surface area contributed by atoms with E-state index >= 15 is 0 Å². The van der Waals surface area contributed by atoms with Crippen LogP contribution >= 0.6 is 0 Å². The van der Waals surface area contributed by atoms with E-state index in [4.69, 9.17) is 10.5 Å². The minimum absolute atomic E-state index is 0.107. The molecule has 2 heterocycles. The minimum Gasteiger partial charge on any atom is -0.476 e. The van der Waals surface area contributed by atoms with E-state index in [1.807, 2.05) is 18.0 Å². The summed E-state index contributed by atoms with van der Waals surface area (Å²) in [6.07, 6.45) is 0.927. The highest BCUT2D eigenvalue weighted by atomic mass is 16.5. The van der Waals surface area contributed by atoms with Crippen molar-refractivity contribution < 1.29 is 9.53 Å². The largest absolute Gasteiger partial charge is 0.476 e. The second kappa shape index (κ2) is 6.65. The monoisotopic (exact) mass is 292 g/mol. The van der Waals surface area contributed by atoms with E-state index in [1.165, 1.54) is 0 Å². The molecular formula is C15H24N4O2. The van der Waals surface area contributed by atoms with Gasteiger partial charge in [0.25, 0.3) is 0 Å². The lowest BCUT2D eigenvalue weighted by Crippen LogP contribution is -2.34. The van der Waals surface area contributed by atoms with Gasteiger partial charge >= 0.3 is 0 Å². The fourth-order valence-electron chi connectivity index (χ4n) is 2.16. The maximum atomic E-state index is 12.0. The molecule has 1 amide bonds. The molecule has 1 aliphatic rings. The molecule has 0 aromatic carbocycles. The van der Waals surface area contributed by atoms with Crippen molar-refractivity contribution in [3.05, 3.63) is 12.1 Å². The average Bonchev–Trinajstić information content (AvgIpc) is 2.60. The van der Waals surface area contributed by atoms with Crippen LogP contribution in [0.3, 0.4) is 0 Å². The highest BCUT2D eigenvalue weighted by molar-refractivity contribution is 5.81. The molecule has 1 aromatic heterocycles. The van der Waals surface area contributed by atoms with Crippen LogP contribution in [0.4, 0.5) is 11.5 Å². The van der Waals surface area contributed by atoms with Crippen LogP contribution in [-0.2, 0) is 4.79 Å². The molecule has 1 fully saturated rings. The number of pyridine rings is 1. The van der Waals surface area contributed by atoms with E-state index in [1.54, 1.807) is 11.0 Å². The van der Waals surface area contributed by atoms with Crippen molar-refractivity contribution in [2.45, 2.75) is 20.3 Å². The van der Waals surface area contributed by atoms with Gasteiger partial charge in [-0.15, -0.1) is 0 Å². The number of anilines is 2. The van der Waals surface area contributed by atoms with E-state index in [9.17, 15) is 4.79 Å². The summed E-state index contributed by atoms with van der Waals surface area (Å²) in [5, 5.41) is 0. The molecule has 2 rings (SSSR count). The van der Waals surface area contributed by atoms with Crippen LogP contribution in [0.5, 0.6) is 5.88 Å². The van der Waals surface area contributed by atoms with E-state index in [0.29, 0.717) is 30.6 Å². The van der Waals surface area contributed by atoms with Crippen LogP contribution in [0.15, 0.2) is 12.1 Å². The SMILES string of the molecule is CC(C)COc1nc(N2CCCN(C)C(=O)C2)ccc1N. The highest BCUT2D eigenvalue weighted by Crippen LogP contribution is 2.24. The molecule has 6 nitrogen and oxygen atoms in total. The molecule has 0 spiro atoms. The summed E-state index contributed by atoms with van der Waals surface area (Å²) in [5.41, 5.74) is 6.43. The molecule has 0 atom stereocenters. The van der Waals surface area contributed by atoms with Gasteiger partial charge in [0, 0.05) is 20.1 Å². The van der Waals surface area contributed by atoms with Crippen molar-refractivity contribution in [2.24, 2.45) is 5.92 Å². The van der Waals surface area contributed by atoms with Gasteiger partial charge in [0.05, 0.1) is 18.8 Å². The molecule has 0 bridgehead atoms. The molecule has 0 aliphatic carbocycles. The van der Waals surface area contributed by atoms with Crippen molar-refractivity contribution in [3.63, 3.8) is 0 Å². The number of carbonyl (C=O) groups is 1. The highest BCUT2D eigenvalue weighted by Gasteiger charge is 2.20. The first-order valence-electron chi connectivity index (χ1n) is 7.35. The molecule has 1 aliphatic heterocycles. The molecule has 0 radical (unpaired) electrons. The van der Waals surface area contributed by atoms with Crippen LogP contribution in [0.25, 0.3) is 0 Å². The van der Waals surface area contributed by atoms with Crippen molar-refractivity contribution in [1.29, 1.82) is 0 Å². The first-order valence-corrected chi connectivity index (χ1v) is 7.35. The Morgan fingerprint density at radius 3 is 2.86 bits per heavy atom. The summed E-state index contributed by atoms with van der Waals surface area (Å²) in [6, 6.07) is 3.63. The molecular weight excluding hydrogens is 268 g/mol. The van der Waals surface area contributed by atoms with E-state index in [-0.39, 0.29) is 5.91 Å².